The summed E-state index contributed by atoms with van der Waals surface area (Å²) in [6, 6.07) is 4.70. The molecule has 0 saturated heterocycles. The lowest BCUT2D eigenvalue weighted by Crippen LogP contribution is -2.25. The summed E-state index contributed by atoms with van der Waals surface area (Å²) in [6.07, 6.45) is 1.93. The van der Waals surface area contributed by atoms with Gasteiger partial charge in [-0.15, -0.1) is 11.3 Å². The molecule has 0 aliphatic carbocycles. The summed E-state index contributed by atoms with van der Waals surface area (Å²) in [4.78, 5) is 1.37. The van der Waals surface area contributed by atoms with Crippen molar-refractivity contribution in [3.63, 3.8) is 0 Å². The van der Waals surface area contributed by atoms with Gasteiger partial charge < -0.3 is 10.4 Å². The van der Waals surface area contributed by atoms with Gasteiger partial charge in [-0.2, -0.15) is 0 Å². The molecule has 1 heterocycles. The summed E-state index contributed by atoms with van der Waals surface area (Å²) in [7, 11) is 0. The van der Waals surface area contributed by atoms with Crippen molar-refractivity contribution in [2.75, 3.05) is 6.61 Å². The van der Waals surface area contributed by atoms with Gasteiger partial charge in [0.1, 0.15) is 0 Å². The third kappa shape index (κ3) is 4.41. The van der Waals surface area contributed by atoms with Gasteiger partial charge in [-0.25, -0.2) is 0 Å². The van der Waals surface area contributed by atoms with Gasteiger partial charge in [0.05, 0.1) is 0 Å². The molecule has 1 aromatic rings. The highest BCUT2D eigenvalue weighted by atomic mass is 32.1. The largest absolute Gasteiger partial charge is 0.396 e. The van der Waals surface area contributed by atoms with Crippen LogP contribution in [0.4, 0.5) is 0 Å². The SMILES string of the molecule is C[C@H](CCCO)NCc1cccs1. The first-order chi connectivity index (χ1) is 6.33. The molecule has 13 heavy (non-hydrogen) atoms. The fourth-order valence-electron chi connectivity index (χ4n) is 1.19. The normalized spacial score (nSPS) is 13.1. The molecule has 0 radical (unpaired) electrons. The van der Waals surface area contributed by atoms with E-state index >= 15 is 0 Å². The van der Waals surface area contributed by atoms with Crippen molar-refractivity contribution in [1.29, 1.82) is 0 Å². The van der Waals surface area contributed by atoms with Crippen molar-refractivity contribution in [3.8, 4) is 0 Å². The molecule has 0 saturated carbocycles. The maximum absolute atomic E-state index is 8.64. The molecule has 1 aromatic heterocycles. The number of thiophene rings is 1. The van der Waals surface area contributed by atoms with Crippen LogP contribution in [-0.4, -0.2) is 17.8 Å². The molecule has 0 amide bonds. The number of hydrogen-bond donors (Lipinski definition) is 2. The molecule has 0 aliphatic rings. The summed E-state index contributed by atoms with van der Waals surface area (Å²) in [5, 5.41) is 14.2. The van der Waals surface area contributed by atoms with Crippen LogP contribution in [0.2, 0.25) is 0 Å². The quantitative estimate of drug-likeness (QED) is 0.734. The van der Waals surface area contributed by atoms with Crippen LogP contribution in [0.3, 0.4) is 0 Å². The average molecular weight is 199 g/mol. The summed E-state index contributed by atoms with van der Waals surface area (Å²) in [5.74, 6) is 0. The monoisotopic (exact) mass is 199 g/mol. The maximum Gasteiger partial charge on any atom is 0.0431 e. The molecule has 3 heteroatoms. The Morgan fingerprint density at radius 1 is 1.62 bits per heavy atom. The van der Waals surface area contributed by atoms with Crippen molar-refractivity contribution in [2.24, 2.45) is 0 Å². The average Bonchev–Trinajstić information content (AvgIpc) is 2.64. The molecule has 2 nitrogen and oxygen atoms in total. The van der Waals surface area contributed by atoms with Gasteiger partial charge in [-0.3, -0.25) is 0 Å². The lowest BCUT2D eigenvalue weighted by molar-refractivity contribution is 0.276. The van der Waals surface area contributed by atoms with Gasteiger partial charge >= 0.3 is 0 Å². The Labute approximate surface area is 83.6 Å². The van der Waals surface area contributed by atoms with E-state index in [1.165, 1.54) is 4.88 Å². The maximum atomic E-state index is 8.64. The molecule has 1 rings (SSSR count). The number of nitrogens with one attached hydrogen (secondary N) is 1. The molecule has 74 valence electrons. The van der Waals surface area contributed by atoms with E-state index in [1.54, 1.807) is 11.3 Å². The lowest BCUT2D eigenvalue weighted by Gasteiger charge is -2.11. The number of hydrogen-bond acceptors (Lipinski definition) is 3. The third-order valence-corrected chi connectivity index (χ3v) is 2.88. The predicted octanol–water partition coefficient (Wildman–Crippen LogP) is 2.00. The number of aliphatic hydroxyl groups excluding tert-OH is 1. The van der Waals surface area contributed by atoms with E-state index < -0.39 is 0 Å². The standard InChI is InChI=1S/C10H17NOS/c1-9(4-2-6-12)11-8-10-5-3-7-13-10/h3,5,7,9,11-12H,2,4,6,8H2,1H3/t9-/m1/s1. The minimum absolute atomic E-state index is 0.297. The Morgan fingerprint density at radius 2 is 2.46 bits per heavy atom. The molecular weight excluding hydrogens is 182 g/mol. The third-order valence-electron chi connectivity index (χ3n) is 2.00. The van der Waals surface area contributed by atoms with E-state index in [4.69, 9.17) is 5.11 Å². The van der Waals surface area contributed by atoms with Gasteiger partial charge in [0.25, 0.3) is 0 Å². The van der Waals surface area contributed by atoms with Crippen LogP contribution in [0.15, 0.2) is 17.5 Å². The van der Waals surface area contributed by atoms with Crippen molar-refractivity contribution in [2.45, 2.75) is 32.4 Å². The van der Waals surface area contributed by atoms with E-state index in [0.29, 0.717) is 12.6 Å². The predicted molar refractivity (Wildman–Crippen MR) is 56.9 cm³/mol. The first-order valence-corrected chi connectivity index (χ1v) is 5.57. The molecular formula is C10H17NOS. The lowest BCUT2D eigenvalue weighted by atomic mass is 10.2. The molecule has 0 unspecified atom stereocenters. The van der Waals surface area contributed by atoms with E-state index in [0.717, 1.165) is 19.4 Å². The molecule has 0 fully saturated rings. The van der Waals surface area contributed by atoms with Gasteiger partial charge in [0.15, 0.2) is 0 Å². The van der Waals surface area contributed by atoms with E-state index in [9.17, 15) is 0 Å². The number of rotatable bonds is 6. The highest BCUT2D eigenvalue weighted by Gasteiger charge is 2.00. The fourth-order valence-corrected chi connectivity index (χ4v) is 1.84. The molecule has 1 atom stereocenters. The van der Waals surface area contributed by atoms with Crippen LogP contribution in [0, 0.1) is 0 Å². The van der Waals surface area contributed by atoms with Crippen LogP contribution in [0.5, 0.6) is 0 Å². The fraction of sp³-hybridized carbons (Fsp3) is 0.600. The Hall–Kier alpha value is -0.380. The van der Waals surface area contributed by atoms with Gasteiger partial charge in [-0.1, -0.05) is 6.07 Å². The Morgan fingerprint density at radius 3 is 3.08 bits per heavy atom. The first-order valence-electron chi connectivity index (χ1n) is 4.69. The van der Waals surface area contributed by atoms with Crippen LogP contribution in [0.1, 0.15) is 24.6 Å². The number of aliphatic hydroxyl groups is 1. The first kappa shape index (κ1) is 10.7. The highest BCUT2D eigenvalue weighted by molar-refractivity contribution is 7.09. The van der Waals surface area contributed by atoms with Crippen molar-refractivity contribution < 1.29 is 5.11 Å². The van der Waals surface area contributed by atoms with Crippen LogP contribution in [0.25, 0.3) is 0 Å². The second-order valence-corrected chi connectivity index (χ2v) is 4.26. The topological polar surface area (TPSA) is 32.3 Å². The molecule has 0 bridgehead atoms. The summed E-state index contributed by atoms with van der Waals surface area (Å²) >= 11 is 1.78. The second kappa shape index (κ2) is 6.13. The zero-order valence-electron chi connectivity index (χ0n) is 7.99. The Balaban J connectivity index is 2.11. The summed E-state index contributed by atoms with van der Waals surface area (Å²) in [6.45, 7) is 3.40. The Bertz CT molecular complexity index is 211. The smallest absolute Gasteiger partial charge is 0.0431 e. The van der Waals surface area contributed by atoms with Gasteiger partial charge in [-0.05, 0) is 31.2 Å². The van der Waals surface area contributed by atoms with E-state index in [2.05, 4.69) is 29.8 Å². The van der Waals surface area contributed by atoms with E-state index in [-0.39, 0.29) is 0 Å². The van der Waals surface area contributed by atoms with Gasteiger partial charge in [0.2, 0.25) is 0 Å². The summed E-state index contributed by atoms with van der Waals surface area (Å²) < 4.78 is 0. The Kier molecular flexibility index (Phi) is 5.05. The summed E-state index contributed by atoms with van der Waals surface area (Å²) in [5.41, 5.74) is 0. The van der Waals surface area contributed by atoms with Crippen molar-refractivity contribution in [3.05, 3.63) is 22.4 Å². The second-order valence-electron chi connectivity index (χ2n) is 3.23. The van der Waals surface area contributed by atoms with Crippen LogP contribution < -0.4 is 5.32 Å². The molecule has 0 aliphatic heterocycles. The zero-order chi connectivity index (χ0) is 9.52. The van der Waals surface area contributed by atoms with Gasteiger partial charge in [0, 0.05) is 24.1 Å². The van der Waals surface area contributed by atoms with Crippen LogP contribution >= 0.6 is 11.3 Å². The van der Waals surface area contributed by atoms with Crippen molar-refractivity contribution >= 4 is 11.3 Å². The minimum atomic E-state index is 0.297. The zero-order valence-corrected chi connectivity index (χ0v) is 8.81. The highest BCUT2D eigenvalue weighted by Crippen LogP contribution is 2.08. The minimum Gasteiger partial charge on any atom is -0.396 e. The van der Waals surface area contributed by atoms with E-state index in [1.807, 2.05) is 0 Å². The molecule has 0 aromatic carbocycles. The molecule has 2 N–H and O–H groups in total. The van der Waals surface area contributed by atoms with Crippen molar-refractivity contribution in [1.82, 2.24) is 5.32 Å². The molecule has 0 spiro atoms. The van der Waals surface area contributed by atoms with Crippen LogP contribution in [-0.2, 0) is 6.54 Å².